The van der Waals surface area contributed by atoms with Gasteiger partial charge in [0.05, 0.1) is 18.4 Å². The van der Waals surface area contributed by atoms with Crippen LogP contribution in [0.3, 0.4) is 0 Å². The Morgan fingerprint density at radius 1 is 1.00 bits per heavy atom. The summed E-state index contributed by atoms with van der Waals surface area (Å²) in [5.74, 6) is -1.22. The number of hydrogen-bond donors (Lipinski definition) is 2. The van der Waals surface area contributed by atoms with Crippen molar-refractivity contribution < 1.29 is 23.9 Å². The highest BCUT2D eigenvalue weighted by molar-refractivity contribution is 6.27. The molecule has 2 N–H and O–H groups in total. The number of ether oxygens (including phenoxy) is 1. The van der Waals surface area contributed by atoms with Crippen LogP contribution < -0.4 is 20.3 Å². The standard InChI is InChI=1S/C23H20N6O5/c30-19-3-1-10-23(20(31)26-22(33)27-21(23)32)29(19)16-6-9-18(24-13-16)34-17-7-4-15(5-8-17)14-28-12-2-11-25-28/h2,4-9,11-13H,1,3,10,14H2,(H2,26,27,31,32,33). The van der Waals surface area contributed by atoms with Gasteiger partial charge < -0.3 is 4.74 Å². The van der Waals surface area contributed by atoms with Crippen molar-refractivity contribution in [1.82, 2.24) is 25.4 Å². The number of urea groups is 1. The largest absolute Gasteiger partial charge is 0.439 e. The van der Waals surface area contributed by atoms with Crippen molar-refractivity contribution >= 4 is 29.4 Å². The van der Waals surface area contributed by atoms with Crippen molar-refractivity contribution in [2.75, 3.05) is 4.90 Å². The summed E-state index contributed by atoms with van der Waals surface area (Å²) in [6, 6.07) is 11.5. The molecule has 2 aromatic heterocycles. The number of imide groups is 2. The summed E-state index contributed by atoms with van der Waals surface area (Å²) in [5.41, 5.74) is -0.528. The molecule has 0 saturated carbocycles. The second kappa shape index (κ2) is 8.43. The number of barbiturate groups is 1. The minimum absolute atomic E-state index is 0.0901. The molecule has 1 aromatic carbocycles. The van der Waals surface area contributed by atoms with Gasteiger partial charge in [-0.15, -0.1) is 0 Å². The fourth-order valence-corrected chi connectivity index (χ4v) is 4.20. The Hall–Kier alpha value is -4.54. The molecule has 0 radical (unpaired) electrons. The van der Waals surface area contributed by atoms with E-state index < -0.39 is 29.3 Å². The van der Waals surface area contributed by atoms with Gasteiger partial charge in [0.15, 0.2) is 0 Å². The highest BCUT2D eigenvalue weighted by atomic mass is 16.5. The molecule has 11 nitrogen and oxygen atoms in total. The normalized spacial score (nSPS) is 17.5. The number of anilines is 1. The third-order valence-corrected chi connectivity index (χ3v) is 5.79. The molecule has 0 unspecified atom stereocenters. The summed E-state index contributed by atoms with van der Waals surface area (Å²) in [7, 11) is 0. The van der Waals surface area contributed by atoms with Crippen LogP contribution in [0.25, 0.3) is 0 Å². The van der Waals surface area contributed by atoms with Gasteiger partial charge in [-0.2, -0.15) is 5.10 Å². The Bertz CT molecular complexity index is 1230. The number of hydrogen-bond acceptors (Lipinski definition) is 7. The fraction of sp³-hybridized carbons (Fsp3) is 0.217. The minimum Gasteiger partial charge on any atom is -0.439 e. The molecule has 34 heavy (non-hydrogen) atoms. The van der Waals surface area contributed by atoms with E-state index in [1.54, 1.807) is 18.3 Å². The van der Waals surface area contributed by atoms with E-state index in [9.17, 15) is 19.2 Å². The number of carbonyl (C=O) groups excluding carboxylic acids is 4. The topological polar surface area (TPSA) is 136 Å². The molecule has 2 saturated heterocycles. The number of benzene rings is 1. The summed E-state index contributed by atoms with van der Waals surface area (Å²) >= 11 is 0. The molecule has 5 amide bonds. The van der Waals surface area contributed by atoms with Gasteiger partial charge >= 0.3 is 6.03 Å². The maximum atomic E-state index is 12.8. The second-order valence-electron chi connectivity index (χ2n) is 7.98. The minimum atomic E-state index is -1.84. The third-order valence-electron chi connectivity index (χ3n) is 5.79. The number of rotatable bonds is 5. The Morgan fingerprint density at radius 3 is 2.41 bits per heavy atom. The highest BCUT2D eigenvalue weighted by Gasteiger charge is 2.58. The van der Waals surface area contributed by atoms with E-state index >= 15 is 0 Å². The first-order valence-electron chi connectivity index (χ1n) is 10.7. The maximum absolute atomic E-state index is 12.8. The predicted molar refractivity (Wildman–Crippen MR) is 118 cm³/mol. The maximum Gasteiger partial charge on any atom is 0.328 e. The van der Waals surface area contributed by atoms with Crippen LogP contribution in [0.2, 0.25) is 0 Å². The molecule has 1 spiro atoms. The molecule has 5 rings (SSSR count). The SMILES string of the molecule is O=C1NC(=O)C2(CCCC(=O)N2c2ccc(Oc3ccc(Cn4cccn4)cc3)nc2)C(=O)N1. The van der Waals surface area contributed by atoms with Crippen molar-refractivity contribution in [3.05, 3.63) is 66.6 Å². The lowest BCUT2D eigenvalue weighted by atomic mass is 9.82. The van der Waals surface area contributed by atoms with Crippen molar-refractivity contribution in [1.29, 1.82) is 0 Å². The van der Waals surface area contributed by atoms with Crippen LogP contribution in [0.1, 0.15) is 24.8 Å². The average molecular weight is 460 g/mol. The first kappa shape index (κ1) is 21.3. The van der Waals surface area contributed by atoms with Gasteiger partial charge in [0.2, 0.25) is 17.3 Å². The van der Waals surface area contributed by atoms with Crippen LogP contribution >= 0.6 is 0 Å². The molecule has 2 fully saturated rings. The average Bonchev–Trinajstić information content (AvgIpc) is 3.33. The van der Waals surface area contributed by atoms with E-state index in [2.05, 4.69) is 20.7 Å². The molecule has 2 aliphatic rings. The molecule has 172 valence electrons. The molecule has 0 bridgehead atoms. The number of nitrogens with zero attached hydrogens (tertiary/aromatic N) is 4. The van der Waals surface area contributed by atoms with Crippen LogP contribution in [-0.4, -0.2) is 44.1 Å². The van der Waals surface area contributed by atoms with Gasteiger partial charge in [0.1, 0.15) is 5.75 Å². The van der Waals surface area contributed by atoms with Crippen LogP contribution in [-0.2, 0) is 20.9 Å². The lowest BCUT2D eigenvalue weighted by Gasteiger charge is -2.45. The smallest absolute Gasteiger partial charge is 0.328 e. The predicted octanol–water partition coefficient (Wildman–Crippen LogP) is 1.74. The highest BCUT2D eigenvalue weighted by Crippen LogP contribution is 2.36. The van der Waals surface area contributed by atoms with Gasteiger partial charge in [-0.25, -0.2) is 9.78 Å². The molecule has 11 heteroatoms. The number of piperidine rings is 1. The van der Waals surface area contributed by atoms with Crippen molar-refractivity contribution in [3.8, 4) is 11.6 Å². The van der Waals surface area contributed by atoms with E-state index in [1.165, 1.54) is 6.20 Å². The van der Waals surface area contributed by atoms with Gasteiger partial charge in [-0.05, 0) is 42.7 Å². The lowest BCUT2D eigenvalue weighted by molar-refractivity contribution is -0.143. The Kier molecular flexibility index (Phi) is 5.28. The number of pyridine rings is 1. The summed E-state index contributed by atoms with van der Waals surface area (Å²) in [4.78, 5) is 55.1. The Morgan fingerprint density at radius 2 is 1.76 bits per heavy atom. The van der Waals surface area contributed by atoms with E-state index in [1.807, 2.05) is 41.2 Å². The van der Waals surface area contributed by atoms with Gasteiger partial charge in [-0.1, -0.05) is 12.1 Å². The van der Waals surface area contributed by atoms with Crippen LogP contribution in [0.4, 0.5) is 10.5 Å². The second-order valence-corrected chi connectivity index (χ2v) is 7.98. The molecule has 0 aliphatic carbocycles. The van der Waals surface area contributed by atoms with Gasteiger partial charge in [0.25, 0.3) is 11.8 Å². The zero-order chi connectivity index (χ0) is 23.7. The molecule has 2 aliphatic heterocycles. The number of carbonyl (C=O) groups is 4. The molecular weight excluding hydrogens is 440 g/mol. The molecule has 0 atom stereocenters. The number of aromatic nitrogens is 3. The first-order valence-corrected chi connectivity index (χ1v) is 10.7. The monoisotopic (exact) mass is 460 g/mol. The molecular formula is C23H20N6O5. The summed E-state index contributed by atoms with van der Waals surface area (Å²) < 4.78 is 7.60. The van der Waals surface area contributed by atoms with Gasteiger partial charge in [-0.3, -0.25) is 34.6 Å². The number of nitrogens with one attached hydrogen (secondary N) is 2. The molecule has 4 heterocycles. The Labute approximate surface area is 193 Å². The quantitative estimate of drug-likeness (QED) is 0.554. The summed E-state index contributed by atoms with van der Waals surface area (Å²) in [5, 5.41) is 8.38. The summed E-state index contributed by atoms with van der Waals surface area (Å²) in [6.45, 7) is 0.637. The third kappa shape index (κ3) is 3.76. The fourth-order valence-electron chi connectivity index (χ4n) is 4.20. The molecule has 3 aromatic rings. The first-order chi connectivity index (χ1) is 16.5. The van der Waals surface area contributed by atoms with Gasteiger partial charge in [0, 0.05) is 24.9 Å². The van der Waals surface area contributed by atoms with Crippen molar-refractivity contribution in [2.45, 2.75) is 31.3 Å². The lowest BCUT2D eigenvalue weighted by Crippen LogP contribution is -2.75. The van der Waals surface area contributed by atoms with E-state index in [0.717, 1.165) is 10.5 Å². The number of amides is 5. The van der Waals surface area contributed by atoms with Crippen LogP contribution in [0.15, 0.2) is 61.1 Å². The van der Waals surface area contributed by atoms with E-state index in [0.29, 0.717) is 18.7 Å². The van der Waals surface area contributed by atoms with E-state index in [-0.39, 0.29) is 24.4 Å². The van der Waals surface area contributed by atoms with Crippen LogP contribution in [0, 0.1) is 0 Å². The van der Waals surface area contributed by atoms with Crippen molar-refractivity contribution in [3.63, 3.8) is 0 Å². The zero-order valence-electron chi connectivity index (χ0n) is 17.9. The zero-order valence-corrected chi connectivity index (χ0v) is 17.9. The Balaban J connectivity index is 1.34. The van der Waals surface area contributed by atoms with Crippen molar-refractivity contribution in [2.24, 2.45) is 0 Å². The van der Waals surface area contributed by atoms with E-state index in [4.69, 9.17) is 4.74 Å². The summed E-state index contributed by atoms with van der Waals surface area (Å²) in [6.07, 6.45) is 5.56. The van der Waals surface area contributed by atoms with Crippen LogP contribution in [0.5, 0.6) is 11.6 Å².